The number of anilines is 1. The number of hydrogen-bond acceptors (Lipinski definition) is 6. The number of nitrogens with zero attached hydrogens (tertiary/aromatic N) is 3. The van der Waals surface area contributed by atoms with Gasteiger partial charge in [0.05, 0.1) is 17.0 Å². The molecule has 23 heavy (non-hydrogen) atoms. The van der Waals surface area contributed by atoms with Crippen molar-refractivity contribution < 1.29 is 9.26 Å². The third kappa shape index (κ3) is 3.22. The van der Waals surface area contributed by atoms with Crippen LogP contribution in [0.4, 0.5) is 5.82 Å². The molecule has 0 spiro atoms. The van der Waals surface area contributed by atoms with Gasteiger partial charge in [-0.1, -0.05) is 12.1 Å². The predicted octanol–water partition coefficient (Wildman–Crippen LogP) is 3.21. The van der Waals surface area contributed by atoms with Crippen molar-refractivity contribution in [1.82, 2.24) is 15.1 Å². The Morgan fingerprint density at radius 2 is 1.87 bits per heavy atom. The topological polar surface area (TPSA) is 73.1 Å². The van der Waals surface area contributed by atoms with Crippen LogP contribution in [-0.2, 0) is 11.2 Å². The molecule has 3 heterocycles. The van der Waals surface area contributed by atoms with Crippen molar-refractivity contribution in [3.8, 4) is 11.3 Å². The Labute approximate surface area is 136 Å². The van der Waals surface area contributed by atoms with Gasteiger partial charge in [-0.2, -0.15) is 0 Å². The quantitative estimate of drug-likeness (QED) is 0.933. The summed E-state index contributed by atoms with van der Waals surface area (Å²) < 4.78 is 10.8. The highest BCUT2D eigenvalue weighted by Crippen LogP contribution is 2.31. The van der Waals surface area contributed by atoms with Gasteiger partial charge in [0.2, 0.25) is 0 Å². The summed E-state index contributed by atoms with van der Waals surface area (Å²) in [5.41, 5.74) is 3.81. The second-order valence-corrected chi connectivity index (χ2v) is 6.05. The summed E-state index contributed by atoms with van der Waals surface area (Å²) in [6.07, 6.45) is 2.80. The van der Waals surface area contributed by atoms with Gasteiger partial charge < -0.3 is 14.6 Å². The smallest absolute Gasteiger partial charge is 0.143 e. The molecule has 0 amide bonds. The molecule has 0 unspecified atom stereocenters. The Morgan fingerprint density at radius 1 is 1.13 bits per heavy atom. The van der Waals surface area contributed by atoms with E-state index >= 15 is 0 Å². The average Bonchev–Trinajstić information content (AvgIpc) is 2.89. The van der Waals surface area contributed by atoms with E-state index in [2.05, 4.69) is 24.3 Å². The molecular weight excluding hydrogens is 292 g/mol. The van der Waals surface area contributed by atoms with E-state index in [-0.39, 0.29) is 0 Å². The molecule has 6 heteroatoms. The van der Waals surface area contributed by atoms with Crippen LogP contribution in [0.1, 0.15) is 42.6 Å². The molecular formula is C17H24N4O2. The van der Waals surface area contributed by atoms with Gasteiger partial charge in [0.15, 0.2) is 0 Å². The normalized spacial score (nSPS) is 15.8. The zero-order valence-electron chi connectivity index (χ0n) is 14.3. The summed E-state index contributed by atoms with van der Waals surface area (Å²) in [4.78, 5) is 9.43. The average molecular weight is 316 g/mol. The van der Waals surface area contributed by atoms with Crippen LogP contribution >= 0.6 is 0 Å². The fourth-order valence-electron chi connectivity index (χ4n) is 2.96. The lowest BCUT2D eigenvalue weighted by atomic mass is 10.0. The van der Waals surface area contributed by atoms with E-state index < -0.39 is 0 Å². The van der Waals surface area contributed by atoms with Crippen LogP contribution in [0.25, 0.3) is 11.3 Å². The molecule has 124 valence electrons. The predicted molar refractivity (Wildman–Crippen MR) is 88.6 cm³/mol. The molecule has 1 fully saturated rings. The molecule has 0 aromatic carbocycles. The number of nitrogens with one attached hydrogen (secondary N) is 1. The number of aromatic nitrogens is 3. The highest BCUT2D eigenvalue weighted by Gasteiger charge is 2.21. The van der Waals surface area contributed by atoms with Gasteiger partial charge in [0.1, 0.15) is 17.4 Å². The Bertz CT molecular complexity index is 671. The van der Waals surface area contributed by atoms with Crippen LogP contribution in [0.2, 0.25) is 0 Å². The molecule has 0 atom stereocenters. The van der Waals surface area contributed by atoms with Crippen molar-refractivity contribution in [3.05, 3.63) is 22.8 Å². The SMILES string of the molecule is CCc1nc(NC2CCOCC2)c(C)c(-c2c(C)noc2C)n1. The second-order valence-electron chi connectivity index (χ2n) is 6.05. The Balaban J connectivity index is 2.01. The zero-order valence-corrected chi connectivity index (χ0v) is 14.3. The van der Waals surface area contributed by atoms with Gasteiger partial charge in [-0.3, -0.25) is 0 Å². The van der Waals surface area contributed by atoms with E-state index in [9.17, 15) is 0 Å². The maximum atomic E-state index is 5.43. The van der Waals surface area contributed by atoms with Gasteiger partial charge in [-0.05, 0) is 33.6 Å². The minimum Gasteiger partial charge on any atom is -0.381 e. The number of hydrogen-bond donors (Lipinski definition) is 1. The van der Waals surface area contributed by atoms with E-state index in [0.29, 0.717) is 6.04 Å². The highest BCUT2D eigenvalue weighted by molar-refractivity contribution is 5.71. The number of ether oxygens (including phenoxy) is 1. The standard InChI is InChI=1S/C17H24N4O2/c1-5-14-19-16(15-11(3)21-23-12(15)4)10(2)17(20-14)18-13-6-8-22-9-7-13/h13H,5-9H2,1-4H3,(H,18,19,20). The first-order valence-corrected chi connectivity index (χ1v) is 8.25. The van der Waals surface area contributed by atoms with Crippen LogP contribution < -0.4 is 5.32 Å². The fraction of sp³-hybridized carbons (Fsp3) is 0.588. The largest absolute Gasteiger partial charge is 0.381 e. The summed E-state index contributed by atoms with van der Waals surface area (Å²) in [5.74, 6) is 2.54. The highest BCUT2D eigenvalue weighted by atomic mass is 16.5. The van der Waals surface area contributed by atoms with E-state index in [4.69, 9.17) is 19.2 Å². The molecule has 2 aromatic heterocycles. The van der Waals surface area contributed by atoms with Gasteiger partial charge in [0.25, 0.3) is 0 Å². The Morgan fingerprint density at radius 3 is 2.48 bits per heavy atom. The first kappa shape index (κ1) is 15.9. The number of rotatable bonds is 4. The zero-order chi connectivity index (χ0) is 16.4. The molecule has 1 N–H and O–H groups in total. The maximum Gasteiger partial charge on any atom is 0.143 e. The van der Waals surface area contributed by atoms with E-state index in [1.807, 2.05) is 13.8 Å². The van der Waals surface area contributed by atoms with Crippen molar-refractivity contribution in [2.24, 2.45) is 0 Å². The fourth-order valence-corrected chi connectivity index (χ4v) is 2.96. The van der Waals surface area contributed by atoms with Crippen molar-refractivity contribution >= 4 is 5.82 Å². The second kappa shape index (κ2) is 6.66. The van der Waals surface area contributed by atoms with E-state index in [0.717, 1.165) is 72.4 Å². The molecule has 0 aliphatic carbocycles. The molecule has 0 bridgehead atoms. The van der Waals surface area contributed by atoms with Gasteiger partial charge in [0, 0.05) is 31.2 Å². The van der Waals surface area contributed by atoms with Crippen LogP contribution in [0, 0.1) is 20.8 Å². The Hall–Kier alpha value is -1.95. The van der Waals surface area contributed by atoms with Crippen LogP contribution in [0.15, 0.2) is 4.52 Å². The van der Waals surface area contributed by atoms with E-state index in [1.54, 1.807) is 0 Å². The summed E-state index contributed by atoms with van der Waals surface area (Å²) >= 11 is 0. The molecule has 0 radical (unpaired) electrons. The lowest BCUT2D eigenvalue weighted by Gasteiger charge is -2.25. The number of aryl methyl sites for hydroxylation is 3. The summed E-state index contributed by atoms with van der Waals surface area (Å²) in [5, 5.41) is 7.65. The third-order valence-corrected chi connectivity index (χ3v) is 4.34. The molecule has 6 nitrogen and oxygen atoms in total. The first-order chi connectivity index (χ1) is 11.1. The molecule has 2 aromatic rings. The lowest BCUT2D eigenvalue weighted by Crippen LogP contribution is -2.29. The molecule has 1 saturated heterocycles. The molecule has 3 rings (SSSR count). The molecule has 1 aliphatic rings. The maximum absolute atomic E-state index is 5.43. The van der Waals surface area contributed by atoms with Crippen molar-refractivity contribution in [2.45, 2.75) is 53.0 Å². The van der Waals surface area contributed by atoms with Gasteiger partial charge in [-0.15, -0.1) is 0 Å². The minimum atomic E-state index is 0.402. The Kier molecular flexibility index (Phi) is 4.61. The van der Waals surface area contributed by atoms with Crippen molar-refractivity contribution in [2.75, 3.05) is 18.5 Å². The van der Waals surface area contributed by atoms with Crippen molar-refractivity contribution in [3.63, 3.8) is 0 Å². The summed E-state index contributed by atoms with van der Waals surface area (Å²) in [6, 6.07) is 0.402. The monoisotopic (exact) mass is 316 g/mol. The van der Waals surface area contributed by atoms with Crippen LogP contribution in [0.3, 0.4) is 0 Å². The first-order valence-electron chi connectivity index (χ1n) is 8.25. The lowest BCUT2D eigenvalue weighted by molar-refractivity contribution is 0.0903. The van der Waals surface area contributed by atoms with Crippen LogP contribution in [0.5, 0.6) is 0 Å². The summed E-state index contributed by atoms with van der Waals surface area (Å²) in [6.45, 7) is 9.61. The van der Waals surface area contributed by atoms with Gasteiger partial charge >= 0.3 is 0 Å². The molecule has 0 saturated carbocycles. The minimum absolute atomic E-state index is 0.402. The van der Waals surface area contributed by atoms with Crippen molar-refractivity contribution in [1.29, 1.82) is 0 Å². The van der Waals surface area contributed by atoms with Gasteiger partial charge in [-0.25, -0.2) is 9.97 Å². The van der Waals surface area contributed by atoms with Crippen LogP contribution in [-0.4, -0.2) is 34.4 Å². The molecule has 1 aliphatic heterocycles. The van der Waals surface area contributed by atoms with E-state index in [1.165, 1.54) is 0 Å². The summed E-state index contributed by atoms with van der Waals surface area (Å²) in [7, 11) is 0. The third-order valence-electron chi connectivity index (χ3n) is 4.34.